The molecule has 0 radical (unpaired) electrons. The number of carbonyl (C=O) groups is 2. The van der Waals surface area contributed by atoms with Crippen molar-refractivity contribution < 1.29 is 14.3 Å². The van der Waals surface area contributed by atoms with Crippen LogP contribution in [0.1, 0.15) is 13.3 Å². The molecule has 2 amide bonds. The first-order valence-corrected chi connectivity index (χ1v) is 11.1. The van der Waals surface area contributed by atoms with Crippen LogP contribution in [0.2, 0.25) is 0 Å². The SMILES string of the molecule is CC1Oc2ccc(-c3csc(-c4ccccc4)n3)cc2N(CC(=O)N(C)CCC#N)C1=O. The van der Waals surface area contributed by atoms with E-state index in [1.165, 1.54) is 9.80 Å². The summed E-state index contributed by atoms with van der Waals surface area (Å²) in [4.78, 5) is 33.2. The first-order chi connectivity index (χ1) is 15.5. The van der Waals surface area contributed by atoms with Gasteiger partial charge in [0.2, 0.25) is 5.91 Å². The van der Waals surface area contributed by atoms with E-state index in [1.807, 2.05) is 60.0 Å². The standard InChI is InChI=1S/C24H22N4O3S/c1-16-24(30)28(14-22(29)27(2)12-6-11-25)20-13-18(9-10-21(20)31-16)19-15-32-23(26-19)17-7-4-3-5-8-17/h3-5,7-10,13,15-16H,6,12,14H2,1-2H3. The molecule has 0 fully saturated rings. The lowest BCUT2D eigenvalue weighted by Gasteiger charge is -2.33. The van der Waals surface area contributed by atoms with E-state index in [9.17, 15) is 9.59 Å². The number of nitrogens with zero attached hydrogens (tertiary/aromatic N) is 4. The van der Waals surface area contributed by atoms with Crippen molar-refractivity contribution in [3.05, 3.63) is 53.9 Å². The second-order valence-corrected chi connectivity index (χ2v) is 8.35. The van der Waals surface area contributed by atoms with Crippen LogP contribution in [0.15, 0.2) is 53.9 Å². The Morgan fingerprint density at radius 2 is 2.03 bits per heavy atom. The molecule has 1 unspecified atom stereocenters. The van der Waals surface area contributed by atoms with Crippen molar-refractivity contribution in [2.24, 2.45) is 0 Å². The molecule has 1 aliphatic heterocycles. The quantitative estimate of drug-likeness (QED) is 0.572. The van der Waals surface area contributed by atoms with Gasteiger partial charge in [-0.15, -0.1) is 11.3 Å². The Balaban J connectivity index is 1.64. The van der Waals surface area contributed by atoms with Gasteiger partial charge in [0, 0.05) is 30.1 Å². The lowest BCUT2D eigenvalue weighted by molar-refractivity contribution is -0.132. The number of nitriles is 1. The summed E-state index contributed by atoms with van der Waals surface area (Å²) in [5, 5.41) is 11.6. The molecule has 2 heterocycles. The van der Waals surface area contributed by atoms with Crippen LogP contribution in [-0.4, -0.2) is 47.9 Å². The van der Waals surface area contributed by atoms with Crippen LogP contribution < -0.4 is 9.64 Å². The van der Waals surface area contributed by atoms with Crippen molar-refractivity contribution >= 4 is 28.8 Å². The van der Waals surface area contributed by atoms with Gasteiger partial charge in [-0.05, 0) is 25.1 Å². The molecule has 1 aliphatic rings. The molecule has 7 nitrogen and oxygen atoms in total. The van der Waals surface area contributed by atoms with E-state index in [0.717, 1.165) is 21.8 Å². The first kappa shape index (κ1) is 21.5. The van der Waals surface area contributed by atoms with E-state index < -0.39 is 6.10 Å². The number of rotatable bonds is 6. The fourth-order valence-corrected chi connectivity index (χ4v) is 4.28. The maximum Gasteiger partial charge on any atom is 0.268 e. The molecule has 0 N–H and O–H groups in total. The molecule has 8 heteroatoms. The van der Waals surface area contributed by atoms with Gasteiger partial charge in [0.25, 0.3) is 5.91 Å². The topological polar surface area (TPSA) is 86.5 Å². The predicted molar refractivity (Wildman–Crippen MR) is 123 cm³/mol. The zero-order valence-corrected chi connectivity index (χ0v) is 18.6. The van der Waals surface area contributed by atoms with Crippen LogP contribution in [0.3, 0.4) is 0 Å². The number of anilines is 1. The minimum atomic E-state index is -0.686. The third-order valence-electron chi connectivity index (χ3n) is 5.27. The fourth-order valence-electron chi connectivity index (χ4n) is 3.45. The van der Waals surface area contributed by atoms with E-state index in [0.29, 0.717) is 18.0 Å². The van der Waals surface area contributed by atoms with Gasteiger partial charge in [0.1, 0.15) is 17.3 Å². The Kier molecular flexibility index (Phi) is 6.19. The average molecular weight is 447 g/mol. The summed E-state index contributed by atoms with van der Waals surface area (Å²) >= 11 is 1.55. The van der Waals surface area contributed by atoms with Crippen molar-refractivity contribution in [3.8, 4) is 33.6 Å². The number of aromatic nitrogens is 1. The van der Waals surface area contributed by atoms with Crippen LogP contribution >= 0.6 is 11.3 Å². The van der Waals surface area contributed by atoms with Crippen LogP contribution in [0.5, 0.6) is 5.75 Å². The number of thiazole rings is 1. The molecule has 4 rings (SSSR count). The van der Waals surface area contributed by atoms with Gasteiger partial charge < -0.3 is 9.64 Å². The van der Waals surface area contributed by atoms with Gasteiger partial charge in [0.15, 0.2) is 6.10 Å². The second kappa shape index (κ2) is 9.20. The normalized spacial score (nSPS) is 15.0. The lowest BCUT2D eigenvalue weighted by Crippen LogP contribution is -2.49. The number of ether oxygens (including phenoxy) is 1. The van der Waals surface area contributed by atoms with Gasteiger partial charge in [-0.25, -0.2) is 4.98 Å². The number of carbonyl (C=O) groups excluding carboxylic acids is 2. The summed E-state index contributed by atoms with van der Waals surface area (Å²) in [6.45, 7) is 1.87. The number of fused-ring (bicyclic) bond motifs is 1. The minimum absolute atomic E-state index is 0.114. The van der Waals surface area contributed by atoms with Crippen molar-refractivity contribution in [3.63, 3.8) is 0 Å². The Hall–Kier alpha value is -3.70. The molecule has 2 aromatic carbocycles. The molecule has 1 atom stereocenters. The average Bonchev–Trinajstić information content (AvgIpc) is 3.31. The van der Waals surface area contributed by atoms with Crippen LogP contribution in [0, 0.1) is 11.3 Å². The highest BCUT2D eigenvalue weighted by Crippen LogP contribution is 2.38. The van der Waals surface area contributed by atoms with Gasteiger partial charge in [-0.2, -0.15) is 5.26 Å². The lowest BCUT2D eigenvalue weighted by atomic mass is 10.1. The molecule has 1 aromatic heterocycles. The van der Waals surface area contributed by atoms with E-state index >= 15 is 0 Å². The molecule has 162 valence electrons. The predicted octanol–water partition coefficient (Wildman–Crippen LogP) is 3.96. The van der Waals surface area contributed by atoms with Crippen LogP contribution in [0.25, 0.3) is 21.8 Å². The minimum Gasteiger partial charge on any atom is -0.479 e. The Morgan fingerprint density at radius 3 is 2.78 bits per heavy atom. The van der Waals surface area contributed by atoms with E-state index in [4.69, 9.17) is 15.0 Å². The molecule has 0 bridgehead atoms. The molecular formula is C24H22N4O3S. The monoisotopic (exact) mass is 446 g/mol. The Bertz CT molecular complexity index is 1190. The Morgan fingerprint density at radius 1 is 1.25 bits per heavy atom. The molecule has 0 saturated heterocycles. The highest BCUT2D eigenvalue weighted by molar-refractivity contribution is 7.13. The molecule has 0 spiro atoms. The summed E-state index contributed by atoms with van der Waals surface area (Å²) in [5.74, 6) is 0.0332. The third-order valence-corrected chi connectivity index (χ3v) is 6.16. The van der Waals surface area contributed by atoms with Gasteiger partial charge in [0.05, 0.1) is 23.9 Å². The molecule has 32 heavy (non-hydrogen) atoms. The zero-order valence-electron chi connectivity index (χ0n) is 17.8. The summed E-state index contributed by atoms with van der Waals surface area (Å²) < 4.78 is 5.77. The van der Waals surface area contributed by atoms with Crippen LogP contribution in [-0.2, 0) is 9.59 Å². The smallest absolute Gasteiger partial charge is 0.268 e. The number of likely N-dealkylation sites (N-methyl/N-ethyl adjacent to an activating group) is 1. The maximum atomic E-state index is 12.9. The highest BCUT2D eigenvalue weighted by Gasteiger charge is 2.33. The largest absolute Gasteiger partial charge is 0.479 e. The highest BCUT2D eigenvalue weighted by atomic mass is 32.1. The summed E-state index contributed by atoms with van der Waals surface area (Å²) in [6.07, 6.45) is -0.446. The summed E-state index contributed by atoms with van der Waals surface area (Å²) in [6, 6.07) is 17.5. The number of hydrogen-bond donors (Lipinski definition) is 0. The van der Waals surface area contributed by atoms with Crippen LogP contribution in [0.4, 0.5) is 5.69 Å². The number of benzene rings is 2. The van der Waals surface area contributed by atoms with E-state index in [-0.39, 0.29) is 24.8 Å². The fraction of sp³-hybridized carbons (Fsp3) is 0.250. The molecule has 0 aliphatic carbocycles. The Labute approximate surface area is 190 Å². The summed E-state index contributed by atoms with van der Waals surface area (Å²) in [7, 11) is 1.63. The maximum absolute atomic E-state index is 12.9. The molecular weight excluding hydrogens is 424 g/mol. The van der Waals surface area contributed by atoms with E-state index in [1.54, 1.807) is 25.3 Å². The zero-order chi connectivity index (χ0) is 22.7. The van der Waals surface area contributed by atoms with E-state index in [2.05, 4.69) is 0 Å². The van der Waals surface area contributed by atoms with Gasteiger partial charge >= 0.3 is 0 Å². The van der Waals surface area contributed by atoms with Crippen molar-refractivity contribution in [1.82, 2.24) is 9.88 Å². The van der Waals surface area contributed by atoms with Crippen molar-refractivity contribution in [2.75, 3.05) is 25.0 Å². The van der Waals surface area contributed by atoms with Gasteiger partial charge in [-0.1, -0.05) is 30.3 Å². The second-order valence-electron chi connectivity index (χ2n) is 7.49. The van der Waals surface area contributed by atoms with Crippen molar-refractivity contribution in [1.29, 1.82) is 5.26 Å². The first-order valence-electron chi connectivity index (χ1n) is 10.2. The third kappa shape index (κ3) is 4.34. The van der Waals surface area contributed by atoms with Gasteiger partial charge in [-0.3, -0.25) is 14.5 Å². The molecule has 0 saturated carbocycles. The van der Waals surface area contributed by atoms with Crippen molar-refractivity contribution in [2.45, 2.75) is 19.4 Å². The molecule has 3 aromatic rings. The number of amides is 2. The summed E-state index contributed by atoms with van der Waals surface area (Å²) in [5.41, 5.74) is 3.21. The number of hydrogen-bond acceptors (Lipinski definition) is 6.